The van der Waals surface area contributed by atoms with Gasteiger partial charge in [0.05, 0.1) is 17.7 Å². The monoisotopic (exact) mass is 494 g/mol. The molecular formula is C25H23ClN4O3S. The number of hydrogen-bond acceptors (Lipinski definition) is 5. The number of aryl methyl sites for hydroxylation is 1. The average Bonchev–Trinajstić information content (AvgIpc) is 3.40. The molecule has 0 radical (unpaired) electrons. The minimum atomic E-state index is -0.376. The lowest BCUT2D eigenvalue weighted by atomic mass is 10.2. The summed E-state index contributed by atoms with van der Waals surface area (Å²) in [7, 11) is 0. The second kappa shape index (κ2) is 10.5. The Hall–Kier alpha value is -3.62. The Morgan fingerprint density at radius 1 is 1.06 bits per heavy atom. The third-order valence-electron chi connectivity index (χ3n) is 5.12. The number of nitrogens with zero attached hydrogens (tertiary/aromatic N) is 2. The van der Waals surface area contributed by atoms with E-state index in [-0.39, 0.29) is 18.2 Å². The summed E-state index contributed by atoms with van der Waals surface area (Å²) in [4.78, 5) is 29.4. The second-order valence-electron chi connectivity index (χ2n) is 7.61. The molecule has 0 unspecified atom stereocenters. The zero-order chi connectivity index (χ0) is 24.1. The third-order valence-corrected chi connectivity index (χ3v) is 6.25. The standard InChI is InChI=1S/C25H23ClN4O3S/c1-16-12-22(17(2)30(16)20-6-4-3-5-7-20)25(32)29-28-23(31)13-19-15-34-24(27-19)14-33-21-10-8-18(26)9-11-21/h3-12,15H,13-14H2,1-2H3,(H,28,31)(H,29,32). The average molecular weight is 495 g/mol. The Bertz CT molecular complexity index is 1300. The summed E-state index contributed by atoms with van der Waals surface area (Å²) >= 11 is 7.28. The molecule has 9 heteroatoms. The van der Waals surface area contributed by atoms with Crippen molar-refractivity contribution in [2.75, 3.05) is 0 Å². The van der Waals surface area contributed by atoms with Gasteiger partial charge in [0.15, 0.2) is 0 Å². The van der Waals surface area contributed by atoms with E-state index in [4.69, 9.17) is 16.3 Å². The normalized spacial score (nSPS) is 10.7. The lowest BCUT2D eigenvalue weighted by Gasteiger charge is -2.10. The van der Waals surface area contributed by atoms with Gasteiger partial charge in [0, 0.05) is 27.5 Å². The van der Waals surface area contributed by atoms with Gasteiger partial charge < -0.3 is 9.30 Å². The maximum atomic E-state index is 12.7. The van der Waals surface area contributed by atoms with E-state index in [1.807, 2.05) is 48.7 Å². The minimum absolute atomic E-state index is 0.0424. The van der Waals surface area contributed by atoms with E-state index in [1.54, 1.807) is 35.7 Å². The molecule has 0 atom stereocenters. The van der Waals surface area contributed by atoms with E-state index >= 15 is 0 Å². The number of para-hydroxylation sites is 1. The zero-order valence-corrected chi connectivity index (χ0v) is 20.2. The molecule has 2 N–H and O–H groups in total. The van der Waals surface area contributed by atoms with Crippen molar-refractivity contribution in [3.63, 3.8) is 0 Å². The lowest BCUT2D eigenvalue weighted by Crippen LogP contribution is -2.42. The first-order chi connectivity index (χ1) is 16.4. The first-order valence-corrected chi connectivity index (χ1v) is 11.8. The molecule has 0 bridgehead atoms. The Kier molecular flexibility index (Phi) is 7.30. The number of benzene rings is 2. The fraction of sp³-hybridized carbons (Fsp3) is 0.160. The number of nitrogens with one attached hydrogen (secondary N) is 2. The molecule has 0 saturated heterocycles. The van der Waals surface area contributed by atoms with E-state index < -0.39 is 0 Å². The van der Waals surface area contributed by atoms with Crippen LogP contribution < -0.4 is 15.6 Å². The summed E-state index contributed by atoms with van der Waals surface area (Å²) in [5.74, 6) is -0.0483. The maximum Gasteiger partial charge on any atom is 0.271 e. The highest BCUT2D eigenvalue weighted by molar-refractivity contribution is 7.09. The van der Waals surface area contributed by atoms with Crippen molar-refractivity contribution in [1.82, 2.24) is 20.4 Å². The zero-order valence-electron chi connectivity index (χ0n) is 18.7. The molecule has 0 fully saturated rings. The number of hydrazine groups is 1. The molecule has 4 aromatic rings. The first-order valence-electron chi connectivity index (χ1n) is 10.6. The highest BCUT2D eigenvalue weighted by Crippen LogP contribution is 2.21. The summed E-state index contributed by atoms with van der Waals surface area (Å²) in [5.41, 5.74) is 8.76. The van der Waals surface area contributed by atoms with Gasteiger partial charge in [-0.1, -0.05) is 29.8 Å². The van der Waals surface area contributed by atoms with Gasteiger partial charge in [0.25, 0.3) is 5.91 Å². The van der Waals surface area contributed by atoms with Gasteiger partial charge in [0.1, 0.15) is 17.4 Å². The first kappa shape index (κ1) is 23.5. The van der Waals surface area contributed by atoms with Gasteiger partial charge in [-0.05, 0) is 56.3 Å². The van der Waals surface area contributed by atoms with Crippen molar-refractivity contribution in [1.29, 1.82) is 0 Å². The second-order valence-corrected chi connectivity index (χ2v) is 8.99. The summed E-state index contributed by atoms with van der Waals surface area (Å²) in [6.45, 7) is 4.10. The number of rotatable bonds is 7. The number of halogens is 1. The van der Waals surface area contributed by atoms with Gasteiger partial charge in [0.2, 0.25) is 5.91 Å². The van der Waals surface area contributed by atoms with Crippen LogP contribution in [0.1, 0.15) is 32.4 Å². The molecule has 0 aliphatic heterocycles. The van der Waals surface area contributed by atoms with Crippen LogP contribution in [0.3, 0.4) is 0 Å². The number of carbonyl (C=O) groups is 2. The molecule has 0 aliphatic carbocycles. The molecule has 4 rings (SSSR count). The summed E-state index contributed by atoms with van der Waals surface area (Å²) in [6, 6.07) is 18.7. The van der Waals surface area contributed by atoms with Crippen molar-refractivity contribution in [3.8, 4) is 11.4 Å². The molecule has 174 valence electrons. The van der Waals surface area contributed by atoms with Gasteiger partial charge in [-0.15, -0.1) is 11.3 Å². The molecule has 0 saturated carbocycles. The summed E-state index contributed by atoms with van der Waals surface area (Å²) in [5, 5.41) is 3.19. The quantitative estimate of drug-likeness (QED) is 0.362. The highest BCUT2D eigenvalue weighted by atomic mass is 35.5. The number of carbonyl (C=O) groups excluding carboxylic acids is 2. The van der Waals surface area contributed by atoms with Crippen LogP contribution in [0, 0.1) is 13.8 Å². The topological polar surface area (TPSA) is 85.2 Å². The summed E-state index contributed by atoms with van der Waals surface area (Å²) < 4.78 is 7.68. The van der Waals surface area contributed by atoms with Gasteiger partial charge in [-0.3, -0.25) is 20.4 Å². The van der Waals surface area contributed by atoms with Crippen molar-refractivity contribution >= 4 is 34.8 Å². The largest absolute Gasteiger partial charge is 0.486 e. The minimum Gasteiger partial charge on any atom is -0.486 e. The molecule has 0 aliphatic rings. The fourth-order valence-corrected chi connectivity index (χ4v) is 4.37. The molecule has 2 aromatic carbocycles. The van der Waals surface area contributed by atoms with Crippen LogP contribution in [0.5, 0.6) is 5.75 Å². The molecule has 2 aromatic heterocycles. The number of amides is 2. The van der Waals surface area contributed by atoms with Crippen LogP contribution in [0.15, 0.2) is 66.0 Å². The van der Waals surface area contributed by atoms with E-state index in [0.717, 1.165) is 22.1 Å². The van der Waals surface area contributed by atoms with E-state index in [1.165, 1.54) is 11.3 Å². The van der Waals surface area contributed by atoms with Crippen molar-refractivity contribution in [3.05, 3.63) is 98.7 Å². The fourth-order valence-electron chi connectivity index (χ4n) is 3.54. The number of ether oxygens (including phenoxy) is 1. The van der Waals surface area contributed by atoms with Crippen LogP contribution >= 0.6 is 22.9 Å². The van der Waals surface area contributed by atoms with Crippen molar-refractivity contribution in [2.24, 2.45) is 0 Å². The molecule has 34 heavy (non-hydrogen) atoms. The smallest absolute Gasteiger partial charge is 0.271 e. The van der Waals surface area contributed by atoms with Crippen LogP contribution in [0.25, 0.3) is 5.69 Å². The predicted molar refractivity (Wildman–Crippen MR) is 132 cm³/mol. The van der Waals surface area contributed by atoms with E-state index in [0.29, 0.717) is 28.6 Å². The third kappa shape index (κ3) is 5.65. The van der Waals surface area contributed by atoms with Crippen molar-refractivity contribution in [2.45, 2.75) is 26.9 Å². The molecule has 2 amide bonds. The summed E-state index contributed by atoms with van der Waals surface area (Å²) in [6.07, 6.45) is 0.0424. The van der Waals surface area contributed by atoms with Gasteiger partial charge >= 0.3 is 0 Å². The molecular weight excluding hydrogens is 472 g/mol. The Morgan fingerprint density at radius 3 is 2.53 bits per heavy atom. The van der Waals surface area contributed by atoms with Gasteiger partial charge in [-0.2, -0.15) is 0 Å². The van der Waals surface area contributed by atoms with E-state index in [9.17, 15) is 9.59 Å². The van der Waals surface area contributed by atoms with Crippen LogP contribution in [-0.2, 0) is 17.8 Å². The number of aromatic nitrogens is 2. The Morgan fingerprint density at radius 2 is 1.79 bits per heavy atom. The number of thiazole rings is 1. The Labute approximate surface area is 206 Å². The van der Waals surface area contributed by atoms with Crippen LogP contribution in [0.4, 0.5) is 0 Å². The molecule has 2 heterocycles. The highest BCUT2D eigenvalue weighted by Gasteiger charge is 2.17. The van der Waals surface area contributed by atoms with Gasteiger partial charge in [-0.25, -0.2) is 4.98 Å². The van der Waals surface area contributed by atoms with Crippen LogP contribution in [0.2, 0.25) is 5.02 Å². The number of hydrogen-bond donors (Lipinski definition) is 2. The predicted octanol–water partition coefficient (Wildman–Crippen LogP) is 4.79. The van der Waals surface area contributed by atoms with Crippen molar-refractivity contribution < 1.29 is 14.3 Å². The molecule has 7 nitrogen and oxygen atoms in total. The van der Waals surface area contributed by atoms with E-state index in [2.05, 4.69) is 15.8 Å². The Balaban J connectivity index is 1.30. The lowest BCUT2D eigenvalue weighted by molar-refractivity contribution is -0.121. The SMILES string of the molecule is Cc1cc(C(=O)NNC(=O)Cc2csc(COc3ccc(Cl)cc3)n2)c(C)n1-c1ccccc1. The molecule has 0 spiro atoms. The van der Waals surface area contributed by atoms with Crippen LogP contribution in [-0.4, -0.2) is 21.4 Å². The maximum absolute atomic E-state index is 12.7.